The molecule has 0 saturated heterocycles. The molecule has 1 heterocycles. The van der Waals surface area contributed by atoms with E-state index < -0.39 is 5.38 Å². The number of benzene rings is 1. The molecule has 2 aromatic rings. The summed E-state index contributed by atoms with van der Waals surface area (Å²) >= 11 is 6.46. The predicted octanol–water partition coefficient (Wildman–Crippen LogP) is 3.57. The van der Waals surface area contributed by atoms with Crippen molar-refractivity contribution in [3.8, 4) is 0 Å². The fourth-order valence-corrected chi connectivity index (χ4v) is 3.24. The van der Waals surface area contributed by atoms with Crippen LogP contribution in [-0.4, -0.2) is 61.2 Å². The molecule has 1 aromatic heterocycles. The van der Waals surface area contributed by atoms with Crippen LogP contribution in [0.1, 0.15) is 54.0 Å². The van der Waals surface area contributed by atoms with Crippen molar-refractivity contribution in [2.45, 2.75) is 38.6 Å². The number of carbonyl (C=O) groups excluding carboxylic acids is 2. The topological polar surface area (TPSA) is 93.9 Å². The molecule has 32 heavy (non-hydrogen) atoms. The number of alkyl halides is 1. The first kappa shape index (κ1) is 25.8. The first-order valence-electron chi connectivity index (χ1n) is 10.9. The number of ether oxygens (including phenoxy) is 2. The summed E-state index contributed by atoms with van der Waals surface area (Å²) in [5, 5.41) is 1.95. The number of amides is 2. The van der Waals surface area contributed by atoms with Gasteiger partial charge in [0.05, 0.1) is 6.54 Å². The number of hydrogen-bond donors (Lipinski definition) is 1. The Balaban J connectivity index is 1.99. The Bertz CT molecular complexity index is 815. The van der Waals surface area contributed by atoms with Gasteiger partial charge in [-0.05, 0) is 32.3 Å². The Morgan fingerprint density at radius 2 is 1.81 bits per heavy atom. The van der Waals surface area contributed by atoms with Gasteiger partial charge in [-0.2, -0.15) is 0 Å². The number of halogens is 1. The lowest BCUT2D eigenvalue weighted by Gasteiger charge is -2.24. The highest BCUT2D eigenvalue weighted by atomic mass is 35.5. The van der Waals surface area contributed by atoms with Crippen LogP contribution in [0.15, 0.2) is 41.0 Å². The second-order valence-electron chi connectivity index (χ2n) is 7.02. The molecule has 0 aliphatic carbocycles. The average molecular weight is 466 g/mol. The molecule has 9 heteroatoms. The van der Waals surface area contributed by atoms with Gasteiger partial charge in [-0.25, -0.2) is 4.98 Å². The van der Waals surface area contributed by atoms with Gasteiger partial charge in [0.1, 0.15) is 11.6 Å². The van der Waals surface area contributed by atoms with E-state index in [1.807, 2.05) is 44.2 Å². The molecule has 176 valence electrons. The molecule has 0 aliphatic rings. The molecule has 2 rings (SSSR count). The number of oxazole rings is 1. The lowest BCUT2D eigenvalue weighted by atomic mass is 10.1. The summed E-state index contributed by atoms with van der Waals surface area (Å²) in [5.74, 6) is -0.314. The fraction of sp³-hybridized carbons (Fsp3) is 0.522. The lowest BCUT2D eigenvalue weighted by Crippen LogP contribution is -2.34. The predicted molar refractivity (Wildman–Crippen MR) is 122 cm³/mol. The van der Waals surface area contributed by atoms with Gasteiger partial charge in [-0.3, -0.25) is 9.59 Å². The smallest absolute Gasteiger partial charge is 0.273 e. The summed E-state index contributed by atoms with van der Waals surface area (Å²) < 4.78 is 16.1. The maximum Gasteiger partial charge on any atom is 0.273 e. The summed E-state index contributed by atoms with van der Waals surface area (Å²) in [6.45, 7) is 7.23. The standard InChI is InChI=1S/C23H32ClN3O5/c1-3-30-14-8-12-25-22(28)19-17-32-20(26-19)16-27(13-9-15-31-4-2)23(29)21(24)18-10-6-5-7-11-18/h5-7,10-11,17,21H,3-4,8-9,12-16H2,1-2H3,(H,25,28). The SMILES string of the molecule is CCOCCCNC(=O)c1coc(CN(CCCOCC)C(=O)C(Cl)c2ccccc2)n1. The van der Waals surface area contributed by atoms with Crippen LogP contribution in [0.2, 0.25) is 0 Å². The van der Waals surface area contributed by atoms with Gasteiger partial charge in [0.25, 0.3) is 5.91 Å². The van der Waals surface area contributed by atoms with E-state index in [1.54, 1.807) is 4.90 Å². The second kappa shape index (κ2) is 14.6. The summed E-state index contributed by atoms with van der Waals surface area (Å²) in [7, 11) is 0. The quantitative estimate of drug-likeness (QED) is 0.319. The average Bonchev–Trinajstić information content (AvgIpc) is 3.29. The molecule has 1 unspecified atom stereocenters. The maximum atomic E-state index is 13.1. The van der Waals surface area contributed by atoms with E-state index in [4.69, 9.17) is 25.5 Å². The van der Waals surface area contributed by atoms with Crippen LogP contribution in [0.25, 0.3) is 0 Å². The summed E-state index contributed by atoms with van der Waals surface area (Å²) in [6, 6.07) is 9.17. The molecular weight excluding hydrogens is 434 g/mol. The lowest BCUT2D eigenvalue weighted by molar-refractivity contribution is -0.132. The third kappa shape index (κ3) is 8.61. The van der Waals surface area contributed by atoms with Gasteiger partial charge in [0, 0.05) is 39.5 Å². The molecule has 1 N–H and O–H groups in total. The fourth-order valence-electron chi connectivity index (χ4n) is 2.96. The maximum absolute atomic E-state index is 13.1. The van der Waals surface area contributed by atoms with Crippen LogP contribution in [-0.2, 0) is 20.8 Å². The molecular formula is C23H32ClN3O5. The number of nitrogens with zero attached hydrogens (tertiary/aromatic N) is 2. The minimum absolute atomic E-state index is 0.110. The van der Waals surface area contributed by atoms with Gasteiger partial charge in [-0.1, -0.05) is 30.3 Å². The minimum atomic E-state index is -0.827. The first-order valence-corrected chi connectivity index (χ1v) is 11.4. The van der Waals surface area contributed by atoms with E-state index in [0.29, 0.717) is 57.9 Å². The Labute approximate surface area is 194 Å². The minimum Gasteiger partial charge on any atom is -0.446 e. The van der Waals surface area contributed by atoms with E-state index in [1.165, 1.54) is 6.26 Å². The Morgan fingerprint density at radius 1 is 1.12 bits per heavy atom. The number of rotatable bonds is 15. The van der Waals surface area contributed by atoms with Crippen molar-refractivity contribution in [2.75, 3.05) is 39.5 Å². The van der Waals surface area contributed by atoms with Crippen LogP contribution in [0.4, 0.5) is 0 Å². The number of hydrogen-bond acceptors (Lipinski definition) is 6. The van der Waals surface area contributed by atoms with E-state index in [-0.39, 0.29) is 29.9 Å². The molecule has 0 bridgehead atoms. The molecule has 8 nitrogen and oxygen atoms in total. The van der Waals surface area contributed by atoms with E-state index in [9.17, 15) is 9.59 Å². The first-order chi connectivity index (χ1) is 15.6. The highest BCUT2D eigenvalue weighted by molar-refractivity contribution is 6.30. The van der Waals surface area contributed by atoms with Gasteiger partial charge in [0.2, 0.25) is 11.8 Å². The highest BCUT2D eigenvalue weighted by Gasteiger charge is 2.25. The van der Waals surface area contributed by atoms with E-state index in [2.05, 4.69) is 10.3 Å². The van der Waals surface area contributed by atoms with Crippen LogP contribution in [0.5, 0.6) is 0 Å². The van der Waals surface area contributed by atoms with Gasteiger partial charge >= 0.3 is 0 Å². The Hall–Kier alpha value is -2.42. The monoisotopic (exact) mass is 465 g/mol. The van der Waals surface area contributed by atoms with Gasteiger partial charge in [-0.15, -0.1) is 11.6 Å². The number of nitrogens with one attached hydrogen (secondary N) is 1. The van der Waals surface area contributed by atoms with Crippen LogP contribution in [0, 0.1) is 0 Å². The zero-order chi connectivity index (χ0) is 23.2. The number of aromatic nitrogens is 1. The number of carbonyl (C=O) groups is 2. The third-order valence-electron chi connectivity index (χ3n) is 4.61. The summed E-state index contributed by atoms with van der Waals surface area (Å²) in [6.07, 6.45) is 2.65. The molecule has 0 saturated carbocycles. The molecule has 1 aromatic carbocycles. The zero-order valence-electron chi connectivity index (χ0n) is 18.7. The van der Waals surface area contributed by atoms with Crippen LogP contribution < -0.4 is 5.32 Å². The normalized spacial score (nSPS) is 11.8. The van der Waals surface area contributed by atoms with Crippen molar-refractivity contribution < 1.29 is 23.5 Å². The van der Waals surface area contributed by atoms with Crippen molar-refractivity contribution in [1.29, 1.82) is 0 Å². The zero-order valence-corrected chi connectivity index (χ0v) is 19.5. The molecule has 1 atom stereocenters. The van der Waals surface area contributed by atoms with Crippen molar-refractivity contribution in [3.63, 3.8) is 0 Å². The largest absolute Gasteiger partial charge is 0.446 e. The van der Waals surface area contributed by atoms with Crippen molar-refractivity contribution in [3.05, 3.63) is 53.7 Å². The molecule has 0 radical (unpaired) electrons. The van der Waals surface area contributed by atoms with Crippen molar-refractivity contribution in [2.24, 2.45) is 0 Å². The highest BCUT2D eigenvalue weighted by Crippen LogP contribution is 2.24. The molecule has 2 amide bonds. The van der Waals surface area contributed by atoms with Crippen LogP contribution >= 0.6 is 11.6 Å². The van der Waals surface area contributed by atoms with E-state index >= 15 is 0 Å². The van der Waals surface area contributed by atoms with E-state index in [0.717, 1.165) is 0 Å². The van der Waals surface area contributed by atoms with Gasteiger partial charge in [0.15, 0.2) is 5.69 Å². The van der Waals surface area contributed by atoms with Crippen LogP contribution in [0.3, 0.4) is 0 Å². The third-order valence-corrected chi connectivity index (χ3v) is 5.05. The molecule has 0 aliphatic heterocycles. The Morgan fingerprint density at radius 3 is 2.50 bits per heavy atom. The Kier molecular flexibility index (Phi) is 11.8. The summed E-state index contributed by atoms with van der Waals surface area (Å²) in [5.41, 5.74) is 0.886. The van der Waals surface area contributed by atoms with Crippen molar-refractivity contribution in [1.82, 2.24) is 15.2 Å². The molecule has 0 spiro atoms. The van der Waals surface area contributed by atoms with Gasteiger partial charge < -0.3 is 24.1 Å². The molecule has 0 fully saturated rings. The second-order valence-corrected chi connectivity index (χ2v) is 7.45. The van der Waals surface area contributed by atoms with Crippen molar-refractivity contribution >= 4 is 23.4 Å². The summed E-state index contributed by atoms with van der Waals surface area (Å²) in [4.78, 5) is 31.2.